The lowest BCUT2D eigenvalue weighted by Crippen LogP contribution is -2.11. The minimum atomic E-state index is 0.900. The fourth-order valence-corrected chi connectivity index (χ4v) is 2.96. The van der Waals surface area contributed by atoms with E-state index in [0.717, 1.165) is 30.7 Å². The largest absolute Gasteiger partial charge is 0.361 e. The van der Waals surface area contributed by atoms with Crippen molar-refractivity contribution >= 4 is 22.7 Å². The maximum absolute atomic E-state index is 4.73. The van der Waals surface area contributed by atoms with Crippen LogP contribution in [0.3, 0.4) is 0 Å². The molecule has 0 radical (unpaired) electrons. The van der Waals surface area contributed by atoms with Gasteiger partial charge in [0.25, 0.3) is 0 Å². The fourth-order valence-electron chi connectivity index (χ4n) is 2.96. The first kappa shape index (κ1) is 13.0. The van der Waals surface area contributed by atoms with Crippen LogP contribution in [-0.4, -0.2) is 22.2 Å². The van der Waals surface area contributed by atoms with Gasteiger partial charge in [0.1, 0.15) is 0 Å². The second-order valence-corrected chi connectivity index (χ2v) is 5.57. The summed E-state index contributed by atoms with van der Waals surface area (Å²) in [5, 5.41) is 1.24. The monoisotopic (exact) mass is 287 g/mol. The molecule has 3 aromatic rings. The number of hydrogen-bond acceptors (Lipinski definition) is 2. The molecule has 0 unspecified atom stereocenters. The zero-order valence-electron chi connectivity index (χ0n) is 12.3. The smallest absolute Gasteiger partial charge is 0.0694 e. The second-order valence-electron chi connectivity index (χ2n) is 5.57. The number of benzene rings is 1. The highest BCUT2D eigenvalue weighted by atomic mass is 14.8. The molecule has 0 atom stereocenters. The van der Waals surface area contributed by atoms with E-state index in [-0.39, 0.29) is 0 Å². The van der Waals surface area contributed by atoms with Gasteiger partial charge in [0.05, 0.1) is 5.71 Å². The van der Waals surface area contributed by atoms with Crippen LogP contribution in [0.2, 0.25) is 0 Å². The number of nitrogens with zero attached hydrogens (tertiary/aromatic N) is 2. The van der Waals surface area contributed by atoms with Crippen LogP contribution in [-0.2, 0) is 0 Å². The van der Waals surface area contributed by atoms with Crippen molar-refractivity contribution in [1.82, 2.24) is 9.97 Å². The van der Waals surface area contributed by atoms with Gasteiger partial charge in [-0.05, 0) is 59.7 Å². The van der Waals surface area contributed by atoms with Gasteiger partial charge in [-0.1, -0.05) is 12.1 Å². The molecule has 1 aliphatic heterocycles. The Morgan fingerprint density at radius 1 is 1.14 bits per heavy atom. The van der Waals surface area contributed by atoms with Crippen LogP contribution in [0, 0.1) is 0 Å². The van der Waals surface area contributed by atoms with Gasteiger partial charge in [-0.25, -0.2) is 0 Å². The highest BCUT2D eigenvalue weighted by Crippen LogP contribution is 2.23. The topological polar surface area (TPSA) is 41.0 Å². The Morgan fingerprint density at radius 3 is 3.05 bits per heavy atom. The Hall–Kier alpha value is -2.68. The first-order valence-corrected chi connectivity index (χ1v) is 7.63. The van der Waals surface area contributed by atoms with Crippen LogP contribution >= 0.6 is 0 Å². The first-order chi connectivity index (χ1) is 10.9. The number of aromatic amines is 1. The van der Waals surface area contributed by atoms with Crippen molar-refractivity contribution in [3.8, 4) is 0 Å². The zero-order chi connectivity index (χ0) is 14.8. The predicted octanol–water partition coefficient (Wildman–Crippen LogP) is 4.23. The molecule has 4 rings (SSSR count). The molecule has 3 nitrogen and oxygen atoms in total. The van der Waals surface area contributed by atoms with Gasteiger partial charge in [0.2, 0.25) is 0 Å². The van der Waals surface area contributed by atoms with Gasteiger partial charge in [-0.2, -0.15) is 0 Å². The van der Waals surface area contributed by atoms with E-state index in [1.54, 1.807) is 6.20 Å². The molecule has 1 aromatic carbocycles. The molecule has 1 N–H and O–H groups in total. The van der Waals surface area contributed by atoms with Crippen molar-refractivity contribution in [3.63, 3.8) is 0 Å². The molecule has 0 fully saturated rings. The third kappa shape index (κ3) is 2.46. The predicted molar refractivity (Wildman–Crippen MR) is 91.2 cm³/mol. The Kier molecular flexibility index (Phi) is 3.31. The van der Waals surface area contributed by atoms with Crippen LogP contribution in [0.15, 0.2) is 65.6 Å². The molecule has 1 aliphatic rings. The van der Waals surface area contributed by atoms with Crippen molar-refractivity contribution in [2.24, 2.45) is 4.99 Å². The van der Waals surface area contributed by atoms with Crippen LogP contribution in [0.1, 0.15) is 24.0 Å². The lowest BCUT2D eigenvalue weighted by molar-refractivity contribution is 0.818. The molecular formula is C19H17N3. The summed E-state index contributed by atoms with van der Waals surface area (Å²) in [6, 6.07) is 12.7. The summed E-state index contributed by atoms with van der Waals surface area (Å²) in [5.41, 5.74) is 5.87. The van der Waals surface area contributed by atoms with Crippen molar-refractivity contribution in [2.45, 2.75) is 12.8 Å². The number of allylic oxidation sites excluding steroid dienone is 1. The summed E-state index contributed by atoms with van der Waals surface area (Å²) in [6.07, 6.45) is 10.1. The number of nitrogens with one attached hydrogen (secondary N) is 1. The fraction of sp³-hybridized carbons (Fsp3) is 0.158. The molecule has 0 saturated carbocycles. The Morgan fingerprint density at radius 2 is 2.14 bits per heavy atom. The average molecular weight is 287 g/mol. The molecule has 22 heavy (non-hydrogen) atoms. The number of aliphatic imine (C=N–C) groups is 1. The molecule has 0 spiro atoms. The maximum atomic E-state index is 4.73. The highest BCUT2D eigenvalue weighted by molar-refractivity contribution is 6.15. The van der Waals surface area contributed by atoms with E-state index in [2.05, 4.69) is 46.4 Å². The summed E-state index contributed by atoms with van der Waals surface area (Å²) in [7, 11) is 0. The maximum Gasteiger partial charge on any atom is 0.0694 e. The van der Waals surface area contributed by atoms with E-state index in [0.29, 0.717) is 0 Å². The lowest BCUT2D eigenvalue weighted by atomic mass is 9.95. The van der Waals surface area contributed by atoms with Gasteiger partial charge in [-0.3, -0.25) is 9.98 Å². The van der Waals surface area contributed by atoms with Crippen LogP contribution in [0.25, 0.3) is 17.0 Å². The molecule has 108 valence electrons. The average Bonchev–Trinajstić information content (AvgIpc) is 3.04. The number of H-pyrrole nitrogens is 1. The van der Waals surface area contributed by atoms with Gasteiger partial charge >= 0.3 is 0 Å². The van der Waals surface area contributed by atoms with Gasteiger partial charge in [-0.15, -0.1) is 0 Å². The normalized spacial score (nSPS) is 16.9. The van der Waals surface area contributed by atoms with Crippen molar-refractivity contribution in [1.29, 1.82) is 0 Å². The Balaban J connectivity index is 1.75. The van der Waals surface area contributed by atoms with Crippen LogP contribution in [0.4, 0.5) is 0 Å². The number of hydrogen-bond donors (Lipinski definition) is 1. The molecule has 0 amide bonds. The Bertz CT molecular complexity index is 857. The van der Waals surface area contributed by atoms with Crippen LogP contribution < -0.4 is 0 Å². The first-order valence-electron chi connectivity index (χ1n) is 7.63. The lowest BCUT2D eigenvalue weighted by Gasteiger charge is -2.16. The standard InChI is InChI=1S/C19H17N3/c1-4-17(13-20-8-1)19-16(3-2-9-22-19)11-14-5-6-15-7-10-21-18(15)12-14/h1,4-8,10-13,21H,2-3,9H2. The minimum absolute atomic E-state index is 0.900. The molecule has 2 aromatic heterocycles. The Labute approximate surface area is 129 Å². The van der Waals surface area contributed by atoms with Gasteiger partial charge in [0, 0.05) is 36.2 Å². The van der Waals surface area contributed by atoms with E-state index < -0.39 is 0 Å². The summed E-state index contributed by atoms with van der Waals surface area (Å²) in [4.78, 5) is 12.2. The molecule has 0 aliphatic carbocycles. The summed E-state index contributed by atoms with van der Waals surface area (Å²) in [5.74, 6) is 0. The molecule has 3 heterocycles. The molecular weight excluding hydrogens is 270 g/mol. The zero-order valence-corrected chi connectivity index (χ0v) is 12.3. The number of pyridine rings is 1. The third-order valence-electron chi connectivity index (χ3n) is 4.03. The van der Waals surface area contributed by atoms with Crippen LogP contribution in [0.5, 0.6) is 0 Å². The number of aromatic nitrogens is 2. The van der Waals surface area contributed by atoms with Gasteiger partial charge in [0.15, 0.2) is 0 Å². The van der Waals surface area contributed by atoms with E-state index in [1.807, 2.05) is 18.5 Å². The summed E-state index contributed by atoms with van der Waals surface area (Å²) in [6.45, 7) is 0.900. The molecule has 0 bridgehead atoms. The highest BCUT2D eigenvalue weighted by Gasteiger charge is 2.14. The quantitative estimate of drug-likeness (QED) is 0.753. The van der Waals surface area contributed by atoms with E-state index in [1.165, 1.54) is 22.0 Å². The third-order valence-corrected chi connectivity index (χ3v) is 4.03. The molecule has 3 heteroatoms. The van der Waals surface area contributed by atoms with Crippen molar-refractivity contribution < 1.29 is 0 Å². The van der Waals surface area contributed by atoms with Gasteiger partial charge < -0.3 is 4.98 Å². The van der Waals surface area contributed by atoms with Crippen molar-refractivity contribution in [2.75, 3.05) is 6.54 Å². The number of fused-ring (bicyclic) bond motifs is 1. The minimum Gasteiger partial charge on any atom is -0.361 e. The van der Waals surface area contributed by atoms with Crippen molar-refractivity contribution in [3.05, 3.63) is 71.7 Å². The van der Waals surface area contributed by atoms with E-state index >= 15 is 0 Å². The summed E-state index contributed by atoms with van der Waals surface area (Å²) >= 11 is 0. The summed E-state index contributed by atoms with van der Waals surface area (Å²) < 4.78 is 0. The van der Waals surface area contributed by atoms with E-state index in [9.17, 15) is 0 Å². The molecule has 0 saturated heterocycles. The SMILES string of the molecule is C(=C1CCCN=C1c1cccnc1)c1ccc2cc[nH]c2c1. The second kappa shape index (κ2) is 5.60. The van der Waals surface area contributed by atoms with E-state index in [4.69, 9.17) is 4.99 Å². The number of rotatable bonds is 2.